The van der Waals surface area contributed by atoms with Crippen LogP contribution in [0.4, 0.5) is 17.6 Å². The first-order valence-electron chi connectivity index (χ1n) is 6.06. The highest BCUT2D eigenvalue weighted by molar-refractivity contribution is 5.56. The SMILES string of the molecule is CCOc1nc(N)nc(Nc2cc(C)cc(C)c2)n1. The summed E-state index contributed by atoms with van der Waals surface area (Å²) >= 11 is 0. The number of nitrogens with zero attached hydrogens (tertiary/aromatic N) is 3. The van der Waals surface area contributed by atoms with Crippen LogP contribution in [0.15, 0.2) is 18.2 Å². The Hall–Kier alpha value is -2.37. The fourth-order valence-electron chi connectivity index (χ4n) is 1.80. The van der Waals surface area contributed by atoms with E-state index < -0.39 is 0 Å². The van der Waals surface area contributed by atoms with Crippen LogP contribution >= 0.6 is 0 Å². The molecule has 1 aromatic heterocycles. The van der Waals surface area contributed by atoms with Gasteiger partial charge >= 0.3 is 6.01 Å². The number of hydrogen-bond donors (Lipinski definition) is 2. The van der Waals surface area contributed by atoms with Gasteiger partial charge in [-0.3, -0.25) is 0 Å². The van der Waals surface area contributed by atoms with Crippen molar-refractivity contribution in [3.05, 3.63) is 29.3 Å². The topological polar surface area (TPSA) is 86.0 Å². The Kier molecular flexibility index (Phi) is 3.79. The number of hydrogen-bond acceptors (Lipinski definition) is 6. The molecule has 0 radical (unpaired) electrons. The molecule has 0 spiro atoms. The minimum absolute atomic E-state index is 0.130. The van der Waals surface area contributed by atoms with Crippen molar-refractivity contribution in [2.75, 3.05) is 17.7 Å². The van der Waals surface area contributed by atoms with E-state index in [2.05, 4.69) is 26.3 Å². The average molecular weight is 259 g/mol. The molecule has 0 unspecified atom stereocenters. The second-order valence-electron chi connectivity index (χ2n) is 4.23. The molecule has 2 rings (SSSR count). The molecule has 2 aromatic rings. The summed E-state index contributed by atoms with van der Waals surface area (Å²) in [4.78, 5) is 12.1. The van der Waals surface area contributed by atoms with E-state index in [1.54, 1.807) is 0 Å². The van der Waals surface area contributed by atoms with Crippen LogP contribution in [0.2, 0.25) is 0 Å². The smallest absolute Gasteiger partial charge is 0.323 e. The Labute approximate surface area is 112 Å². The van der Waals surface area contributed by atoms with E-state index in [9.17, 15) is 0 Å². The van der Waals surface area contributed by atoms with Gasteiger partial charge in [-0.2, -0.15) is 15.0 Å². The summed E-state index contributed by atoms with van der Waals surface area (Å²) in [5.41, 5.74) is 8.85. The van der Waals surface area contributed by atoms with Crippen LogP contribution in [0, 0.1) is 13.8 Å². The first-order valence-corrected chi connectivity index (χ1v) is 6.06. The van der Waals surface area contributed by atoms with Gasteiger partial charge in [-0.15, -0.1) is 0 Å². The molecule has 0 saturated carbocycles. The van der Waals surface area contributed by atoms with Crippen molar-refractivity contribution in [3.8, 4) is 6.01 Å². The first kappa shape index (κ1) is 13.1. The second-order valence-corrected chi connectivity index (χ2v) is 4.23. The lowest BCUT2D eigenvalue weighted by atomic mass is 10.1. The number of nitrogen functional groups attached to an aromatic ring is 1. The van der Waals surface area contributed by atoms with Crippen LogP contribution in [0.3, 0.4) is 0 Å². The normalized spacial score (nSPS) is 10.3. The number of nitrogens with one attached hydrogen (secondary N) is 1. The molecule has 6 nitrogen and oxygen atoms in total. The number of nitrogens with two attached hydrogens (primary N) is 1. The van der Waals surface area contributed by atoms with Gasteiger partial charge in [-0.1, -0.05) is 6.07 Å². The van der Waals surface area contributed by atoms with Crippen molar-refractivity contribution in [2.45, 2.75) is 20.8 Å². The third-order valence-corrected chi connectivity index (χ3v) is 2.38. The van der Waals surface area contributed by atoms with Crippen molar-refractivity contribution in [3.63, 3.8) is 0 Å². The van der Waals surface area contributed by atoms with Gasteiger partial charge < -0.3 is 15.8 Å². The number of aryl methyl sites for hydroxylation is 2. The molecule has 0 aliphatic rings. The van der Waals surface area contributed by atoms with E-state index in [-0.39, 0.29) is 12.0 Å². The molecule has 0 aliphatic carbocycles. The highest BCUT2D eigenvalue weighted by Gasteiger charge is 2.06. The molecule has 0 atom stereocenters. The van der Waals surface area contributed by atoms with Crippen molar-refractivity contribution in [2.24, 2.45) is 0 Å². The monoisotopic (exact) mass is 259 g/mol. The largest absolute Gasteiger partial charge is 0.464 e. The van der Waals surface area contributed by atoms with Gasteiger partial charge in [0.1, 0.15) is 0 Å². The van der Waals surface area contributed by atoms with Crippen molar-refractivity contribution in [1.29, 1.82) is 0 Å². The molecule has 0 bridgehead atoms. The van der Waals surface area contributed by atoms with Gasteiger partial charge in [0.2, 0.25) is 11.9 Å². The maximum Gasteiger partial charge on any atom is 0.323 e. The van der Waals surface area contributed by atoms with E-state index in [0.29, 0.717) is 12.6 Å². The second kappa shape index (κ2) is 5.51. The number of ether oxygens (including phenoxy) is 1. The van der Waals surface area contributed by atoms with Crippen LogP contribution in [-0.2, 0) is 0 Å². The minimum Gasteiger partial charge on any atom is -0.464 e. The Morgan fingerprint density at radius 1 is 1.11 bits per heavy atom. The van der Waals surface area contributed by atoms with Gasteiger partial charge in [0.25, 0.3) is 0 Å². The first-order chi connectivity index (χ1) is 9.06. The van der Waals surface area contributed by atoms with Gasteiger partial charge in [-0.25, -0.2) is 0 Å². The van der Waals surface area contributed by atoms with Crippen LogP contribution < -0.4 is 15.8 Å². The molecule has 0 saturated heterocycles. The van der Waals surface area contributed by atoms with Crippen LogP contribution in [0.1, 0.15) is 18.1 Å². The zero-order valence-electron chi connectivity index (χ0n) is 11.3. The zero-order valence-corrected chi connectivity index (χ0v) is 11.3. The Balaban J connectivity index is 2.27. The summed E-state index contributed by atoms with van der Waals surface area (Å²) < 4.78 is 5.23. The summed E-state index contributed by atoms with van der Waals surface area (Å²) in [7, 11) is 0. The fraction of sp³-hybridized carbons (Fsp3) is 0.308. The van der Waals surface area contributed by atoms with Gasteiger partial charge in [-0.05, 0) is 44.0 Å². The maximum absolute atomic E-state index is 5.62. The molecule has 6 heteroatoms. The third-order valence-electron chi connectivity index (χ3n) is 2.38. The molecule has 1 aromatic carbocycles. The lowest BCUT2D eigenvalue weighted by Crippen LogP contribution is -2.06. The van der Waals surface area contributed by atoms with E-state index in [0.717, 1.165) is 16.8 Å². The molecule has 0 fully saturated rings. The molecule has 1 heterocycles. The summed E-state index contributed by atoms with van der Waals surface area (Å²) in [5, 5.41) is 3.10. The summed E-state index contributed by atoms with van der Waals surface area (Å²) in [6.45, 7) is 6.40. The Morgan fingerprint density at radius 3 is 2.42 bits per heavy atom. The van der Waals surface area contributed by atoms with Crippen molar-refractivity contribution < 1.29 is 4.74 Å². The van der Waals surface area contributed by atoms with Crippen LogP contribution in [0.5, 0.6) is 6.01 Å². The highest BCUT2D eigenvalue weighted by atomic mass is 16.5. The van der Waals surface area contributed by atoms with E-state index in [4.69, 9.17) is 10.5 Å². The van der Waals surface area contributed by atoms with Gasteiger partial charge in [0.15, 0.2) is 0 Å². The minimum atomic E-state index is 0.130. The summed E-state index contributed by atoms with van der Waals surface area (Å²) in [5.74, 6) is 0.506. The maximum atomic E-state index is 5.62. The number of benzene rings is 1. The lowest BCUT2D eigenvalue weighted by Gasteiger charge is -2.08. The summed E-state index contributed by atoms with van der Waals surface area (Å²) in [6, 6.07) is 6.33. The predicted octanol–water partition coefficient (Wildman–Crippen LogP) is 2.21. The van der Waals surface area contributed by atoms with Crippen LogP contribution in [-0.4, -0.2) is 21.6 Å². The number of rotatable bonds is 4. The van der Waals surface area contributed by atoms with E-state index >= 15 is 0 Å². The molecule has 3 N–H and O–H groups in total. The highest BCUT2D eigenvalue weighted by Crippen LogP contribution is 2.18. The molecule has 100 valence electrons. The van der Waals surface area contributed by atoms with E-state index in [1.165, 1.54) is 0 Å². The van der Waals surface area contributed by atoms with Crippen molar-refractivity contribution >= 4 is 17.6 Å². The molecular weight excluding hydrogens is 242 g/mol. The van der Waals surface area contributed by atoms with Gasteiger partial charge in [0.05, 0.1) is 6.61 Å². The van der Waals surface area contributed by atoms with Crippen LogP contribution in [0.25, 0.3) is 0 Å². The Morgan fingerprint density at radius 2 is 1.79 bits per heavy atom. The lowest BCUT2D eigenvalue weighted by molar-refractivity contribution is 0.312. The molecular formula is C13H17N5O. The summed E-state index contributed by atoms with van der Waals surface area (Å²) in [6.07, 6.45) is 0. The molecule has 19 heavy (non-hydrogen) atoms. The van der Waals surface area contributed by atoms with Crippen molar-refractivity contribution in [1.82, 2.24) is 15.0 Å². The fourth-order valence-corrected chi connectivity index (χ4v) is 1.80. The predicted molar refractivity (Wildman–Crippen MR) is 74.6 cm³/mol. The molecule has 0 aliphatic heterocycles. The number of anilines is 3. The third kappa shape index (κ3) is 3.54. The number of aromatic nitrogens is 3. The standard InChI is InChI=1S/C13H17N5O/c1-4-19-13-17-11(14)16-12(18-13)15-10-6-8(2)5-9(3)7-10/h5-7H,4H2,1-3H3,(H3,14,15,16,17,18). The Bertz CT molecular complexity index is 565. The quantitative estimate of drug-likeness (QED) is 0.875. The zero-order chi connectivity index (χ0) is 13.8. The molecule has 0 amide bonds. The van der Waals surface area contributed by atoms with E-state index in [1.807, 2.05) is 32.9 Å². The average Bonchev–Trinajstić information content (AvgIpc) is 2.26. The van der Waals surface area contributed by atoms with Gasteiger partial charge in [0, 0.05) is 5.69 Å².